The molecule has 0 heterocycles. The van der Waals surface area contributed by atoms with E-state index in [-0.39, 0.29) is 83.1 Å². The SMILES string of the molecule is CC.CCO.CCO.CCO.CCO.CCO.CCO.[Ti].[Ti]. The minimum absolute atomic E-state index is 0. The fraction of sp³-hybridized carbons (Fsp3) is 1.00. The van der Waals surface area contributed by atoms with Gasteiger partial charge in [-0.25, -0.2) is 0 Å². The van der Waals surface area contributed by atoms with Gasteiger partial charge in [-0.3, -0.25) is 0 Å². The van der Waals surface area contributed by atoms with Crippen LogP contribution in [0.4, 0.5) is 0 Å². The third kappa shape index (κ3) is 6110. The van der Waals surface area contributed by atoms with Crippen molar-refractivity contribution in [1.82, 2.24) is 0 Å². The van der Waals surface area contributed by atoms with Crippen LogP contribution in [0.1, 0.15) is 55.4 Å². The van der Waals surface area contributed by atoms with Gasteiger partial charge in [-0.15, -0.1) is 0 Å². The van der Waals surface area contributed by atoms with Crippen LogP contribution in [0.5, 0.6) is 0 Å². The Labute approximate surface area is 168 Å². The first-order valence-corrected chi connectivity index (χ1v) is 7.14. The molecule has 0 saturated heterocycles. The molecular weight excluding hydrogens is 360 g/mol. The second kappa shape index (κ2) is 193. The summed E-state index contributed by atoms with van der Waals surface area (Å²) in [5, 5.41) is 45.4. The fourth-order valence-electron chi connectivity index (χ4n) is 0. The molecule has 0 rings (SSSR count). The molecule has 8 heteroatoms. The van der Waals surface area contributed by atoms with Crippen molar-refractivity contribution in [2.75, 3.05) is 39.6 Å². The van der Waals surface area contributed by atoms with Crippen LogP contribution >= 0.6 is 0 Å². The van der Waals surface area contributed by atoms with E-state index in [4.69, 9.17) is 30.6 Å². The largest absolute Gasteiger partial charge is 0.397 e. The molecule has 0 spiro atoms. The van der Waals surface area contributed by atoms with Gasteiger partial charge in [0.1, 0.15) is 0 Å². The molecule has 0 unspecified atom stereocenters. The van der Waals surface area contributed by atoms with Crippen LogP contribution in [-0.4, -0.2) is 70.3 Å². The van der Waals surface area contributed by atoms with Crippen molar-refractivity contribution in [3.8, 4) is 0 Å². The summed E-state index contributed by atoms with van der Waals surface area (Å²) in [6, 6.07) is 0. The van der Waals surface area contributed by atoms with E-state index in [0.717, 1.165) is 0 Å². The maximum Gasteiger partial charge on any atom is 0.0402 e. The molecule has 0 aromatic heterocycles. The molecular formula is C14H42O6Ti2. The maximum atomic E-state index is 7.57. The van der Waals surface area contributed by atoms with Gasteiger partial charge in [0.15, 0.2) is 0 Å². The smallest absolute Gasteiger partial charge is 0.0402 e. The van der Waals surface area contributed by atoms with Crippen LogP contribution < -0.4 is 0 Å². The Morgan fingerprint density at radius 1 is 0.364 bits per heavy atom. The van der Waals surface area contributed by atoms with Crippen molar-refractivity contribution < 1.29 is 74.1 Å². The first-order chi connectivity index (χ1) is 9.49. The molecule has 0 bridgehead atoms. The molecule has 0 aromatic rings. The van der Waals surface area contributed by atoms with Crippen molar-refractivity contribution in [2.45, 2.75) is 55.4 Å². The summed E-state index contributed by atoms with van der Waals surface area (Å²) < 4.78 is 0. The Bertz CT molecular complexity index is 42.8. The zero-order valence-corrected chi connectivity index (χ0v) is 19.0. The summed E-state index contributed by atoms with van der Waals surface area (Å²) in [6.45, 7) is 15.6. The van der Waals surface area contributed by atoms with Gasteiger partial charge in [-0.05, 0) is 41.5 Å². The van der Waals surface area contributed by atoms with E-state index in [0.29, 0.717) is 0 Å². The predicted molar refractivity (Wildman–Crippen MR) is 87.9 cm³/mol. The van der Waals surface area contributed by atoms with Gasteiger partial charge in [0.25, 0.3) is 0 Å². The minimum Gasteiger partial charge on any atom is -0.397 e. The van der Waals surface area contributed by atoms with Gasteiger partial charge in [-0.1, -0.05) is 13.8 Å². The van der Waals surface area contributed by atoms with E-state index in [9.17, 15) is 0 Å². The Balaban J connectivity index is -0.0000000127. The van der Waals surface area contributed by atoms with E-state index in [1.165, 1.54) is 0 Å². The van der Waals surface area contributed by atoms with E-state index in [1.54, 1.807) is 41.5 Å². The second-order valence-corrected chi connectivity index (χ2v) is 1.90. The Hall–Kier alpha value is 1.19. The fourth-order valence-corrected chi connectivity index (χ4v) is 0. The van der Waals surface area contributed by atoms with Crippen molar-refractivity contribution in [3.63, 3.8) is 0 Å². The van der Waals surface area contributed by atoms with E-state index >= 15 is 0 Å². The van der Waals surface area contributed by atoms with Crippen LogP contribution in [0.2, 0.25) is 0 Å². The molecule has 6 N–H and O–H groups in total. The maximum absolute atomic E-state index is 7.57. The Kier molecular flexibility index (Phi) is 497. The van der Waals surface area contributed by atoms with E-state index < -0.39 is 0 Å². The molecule has 0 aliphatic carbocycles. The van der Waals surface area contributed by atoms with Crippen LogP contribution in [0.3, 0.4) is 0 Å². The summed E-state index contributed by atoms with van der Waals surface area (Å²) >= 11 is 0. The molecule has 0 saturated carbocycles. The van der Waals surface area contributed by atoms with Crippen molar-refractivity contribution in [2.24, 2.45) is 0 Å². The molecule has 0 aromatic carbocycles. The average Bonchev–Trinajstić information content (AvgIpc) is 2.36. The number of hydrogen-bond acceptors (Lipinski definition) is 6. The van der Waals surface area contributed by atoms with Crippen LogP contribution in [-0.2, 0) is 43.4 Å². The molecule has 0 fully saturated rings. The molecule has 22 heavy (non-hydrogen) atoms. The number of rotatable bonds is 0. The Morgan fingerprint density at radius 3 is 0.364 bits per heavy atom. The topological polar surface area (TPSA) is 121 Å². The van der Waals surface area contributed by atoms with Gasteiger partial charge in [-0.2, -0.15) is 0 Å². The molecule has 0 aliphatic heterocycles. The van der Waals surface area contributed by atoms with Gasteiger partial charge in [0.05, 0.1) is 0 Å². The van der Waals surface area contributed by atoms with Crippen LogP contribution in [0, 0.1) is 0 Å². The zero-order chi connectivity index (χ0) is 18.2. The summed E-state index contributed by atoms with van der Waals surface area (Å²) in [7, 11) is 0. The summed E-state index contributed by atoms with van der Waals surface area (Å²) in [6.07, 6.45) is 0. The number of hydrogen-bond donors (Lipinski definition) is 6. The monoisotopic (exact) mass is 402 g/mol. The number of aliphatic hydroxyl groups excluding tert-OH is 6. The first kappa shape index (κ1) is 56.7. The molecule has 6 nitrogen and oxygen atoms in total. The summed E-state index contributed by atoms with van der Waals surface area (Å²) in [5.74, 6) is 0. The average molecular weight is 402 g/mol. The third-order valence-corrected chi connectivity index (χ3v) is 0. The van der Waals surface area contributed by atoms with E-state index in [1.807, 2.05) is 13.8 Å². The molecule has 142 valence electrons. The normalized spacial score (nSPS) is 5.18. The standard InChI is InChI=1S/6C2H6O.C2H6.2Ti/c6*1-2-3;1-2;;/h6*3H,2H2,1H3;1-2H3;;. The second-order valence-electron chi connectivity index (χ2n) is 1.90. The zero-order valence-electron chi connectivity index (χ0n) is 15.9. The molecule has 0 radical (unpaired) electrons. The number of aliphatic hydroxyl groups is 6. The van der Waals surface area contributed by atoms with Crippen molar-refractivity contribution in [1.29, 1.82) is 0 Å². The van der Waals surface area contributed by atoms with Gasteiger partial charge in [0.2, 0.25) is 0 Å². The van der Waals surface area contributed by atoms with E-state index in [2.05, 4.69) is 0 Å². The third-order valence-electron chi connectivity index (χ3n) is 0. The summed E-state index contributed by atoms with van der Waals surface area (Å²) in [4.78, 5) is 0. The van der Waals surface area contributed by atoms with Crippen molar-refractivity contribution >= 4 is 0 Å². The molecule has 0 amide bonds. The first-order valence-electron chi connectivity index (χ1n) is 7.14. The van der Waals surface area contributed by atoms with Crippen LogP contribution in [0.15, 0.2) is 0 Å². The van der Waals surface area contributed by atoms with Crippen molar-refractivity contribution in [3.05, 3.63) is 0 Å². The Morgan fingerprint density at radius 2 is 0.364 bits per heavy atom. The molecule has 0 atom stereocenters. The van der Waals surface area contributed by atoms with Gasteiger partial charge in [0, 0.05) is 83.1 Å². The minimum atomic E-state index is 0. The quantitative estimate of drug-likeness (QED) is 0.337. The van der Waals surface area contributed by atoms with Gasteiger partial charge < -0.3 is 30.6 Å². The molecule has 0 aliphatic rings. The summed E-state index contributed by atoms with van der Waals surface area (Å²) in [5.41, 5.74) is 0. The van der Waals surface area contributed by atoms with Gasteiger partial charge >= 0.3 is 0 Å². The van der Waals surface area contributed by atoms with Crippen LogP contribution in [0.25, 0.3) is 0 Å². The predicted octanol–water partition coefficient (Wildman–Crippen LogP) is 1.01.